The normalized spacial score (nSPS) is 14.4. The maximum atomic E-state index is 13.7. The minimum atomic E-state index is -0.334. The van der Waals surface area contributed by atoms with Gasteiger partial charge in [0.25, 0.3) is 0 Å². The number of hydrogen-bond acceptors (Lipinski definition) is 3. The summed E-state index contributed by atoms with van der Waals surface area (Å²) in [7, 11) is 1.75. The first-order valence-corrected chi connectivity index (χ1v) is 8.52. The Balaban J connectivity index is 1.57. The molecule has 3 rings (SSSR count). The van der Waals surface area contributed by atoms with Crippen LogP contribution >= 0.6 is 0 Å². The van der Waals surface area contributed by atoms with Crippen LogP contribution in [0.5, 0.6) is 0 Å². The summed E-state index contributed by atoms with van der Waals surface area (Å²) in [5.41, 5.74) is 2.66. The van der Waals surface area contributed by atoms with Gasteiger partial charge in [-0.2, -0.15) is 0 Å². The number of rotatable bonds is 5. The largest absolute Gasteiger partial charge is 0.378 e. The molecule has 0 aliphatic carbocycles. The average Bonchev–Trinajstić information content (AvgIpc) is 2.65. The first kappa shape index (κ1) is 17.4. The van der Waals surface area contributed by atoms with Crippen molar-refractivity contribution in [2.75, 3.05) is 38.3 Å². The number of amides is 1. The van der Waals surface area contributed by atoms with E-state index in [2.05, 4.69) is 17.0 Å². The van der Waals surface area contributed by atoms with E-state index >= 15 is 0 Å². The fourth-order valence-electron chi connectivity index (χ4n) is 2.94. The van der Waals surface area contributed by atoms with Crippen molar-refractivity contribution < 1.29 is 13.9 Å². The van der Waals surface area contributed by atoms with Crippen LogP contribution in [-0.2, 0) is 22.5 Å². The number of nitrogens with zero attached hydrogens (tertiary/aromatic N) is 2. The Morgan fingerprint density at radius 3 is 2.48 bits per heavy atom. The minimum absolute atomic E-state index is 0.0784. The predicted molar refractivity (Wildman–Crippen MR) is 96.1 cm³/mol. The van der Waals surface area contributed by atoms with Gasteiger partial charge in [-0.05, 0) is 29.3 Å². The Morgan fingerprint density at radius 1 is 1.12 bits per heavy atom. The van der Waals surface area contributed by atoms with Crippen molar-refractivity contribution in [1.82, 2.24) is 4.90 Å². The fraction of sp³-hybridized carbons (Fsp3) is 0.350. The number of carbonyl (C=O) groups is 1. The van der Waals surface area contributed by atoms with E-state index in [1.807, 2.05) is 12.1 Å². The van der Waals surface area contributed by atoms with Gasteiger partial charge >= 0.3 is 0 Å². The van der Waals surface area contributed by atoms with Gasteiger partial charge in [-0.1, -0.05) is 30.3 Å². The second kappa shape index (κ2) is 8.12. The lowest BCUT2D eigenvalue weighted by atomic mass is 10.1. The zero-order valence-corrected chi connectivity index (χ0v) is 14.5. The summed E-state index contributed by atoms with van der Waals surface area (Å²) in [5, 5.41) is 0. The van der Waals surface area contributed by atoms with Crippen LogP contribution in [0.3, 0.4) is 0 Å². The molecule has 0 atom stereocenters. The molecule has 1 amide bonds. The van der Waals surface area contributed by atoms with Crippen LogP contribution in [0, 0.1) is 5.82 Å². The minimum Gasteiger partial charge on any atom is -0.378 e. The highest BCUT2D eigenvalue weighted by Crippen LogP contribution is 2.17. The summed E-state index contributed by atoms with van der Waals surface area (Å²) in [6, 6.07) is 14.6. The number of hydrogen-bond donors (Lipinski definition) is 0. The molecule has 25 heavy (non-hydrogen) atoms. The van der Waals surface area contributed by atoms with Crippen LogP contribution in [0.4, 0.5) is 10.1 Å². The molecule has 2 aromatic rings. The molecule has 1 saturated heterocycles. The number of ether oxygens (including phenoxy) is 1. The Hall–Kier alpha value is -2.40. The van der Waals surface area contributed by atoms with E-state index in [1.165, 1.54) is 11.8 Å². The van der Waals surface area contributed by atoms with Crippen LogP contribution < -0.4 is 4.90 Å². The molecule has 1 aliphatic heterocycles. The molecule has 1 heterocycles. The monoisotopic (exact) mass is 342 g/mol. The molecule has 4 nitrogen and oxygen atoms in total. The van der Waals surface area contributed by atoms with E-state index in [-0.39, 0.29) is 18.1 Å². The summed E-state index contributed by atoms with van der Waals surface area (Å²) in [5.74, 6) is -0.429. The van der Waals surface area contributed by atoms with Crippen LogP contribution in [-0.4, -0.2) is 44.2 Å². The van der Waals surface area contributed by atoms with Crippen LogP contribution in [0.15, 0.2) is 48.5 Å². The van der Waals surface area contributed by atoms with Gasteiger partial charge in [0, 0.05) is 32.4 Å². The third-order valence-corrected chi connectivity index (χ3v) is 4.46. The number of anilines is 1. The molecule has 0 aromatic heterocycles. The van der Waals surface area contributed by atoms with E-state index in [0.29, 0.717) is 12.1 Å². The van der Waals surface area contributed by atoms with Gasteiger partial charge in [0.05, 0.1) is 19.6 Å². The predicted octanol–water partition coefficient (Wildman–Crippen LogP) is 2.86. The fourth-order valence-corrected chi connectivity index (χ4v) is 2.94. The molecule has 0 N–H and O–H groups in total. The second-order valence-corrected chi connectivity index (χ2v) is 6.28. The van der Waals surface area contributed by atoms with Crippen LogP contribution in [0.25, 0.3) is 0 Å². The quantitative estimate of drug-likeness (QED) is 0.838. The summed E-state index contributed by atoms with van der Waals surface area (Å²) in [6.45, 7) is 3.83. The van der Waals surface area contributed by atoms with Crippen molar-refractivity contribution in [2.24, 2.45) is 0 Å². The number of carbonyl (C=O) groups excluding carboxylic acids is 1. The van der Waals surface area contributed by atoms with E-state index in [9.17, 15) is 9.18 Å². The highest BCUT2D eigenvalue weighted by Gasteiger charge is 2.14. The molecule has 1 fully saturated rings. The second-order valence-electron chi connectivity index (χ2n) is 6.28. The van der Waals surface area contributed by atoms with Crippen molar-refractivity contribution >= 4 is 11.6 Å². The molecule has 1 aliphatic rings. The van der Waals surface area contributed by atoms with Gasteiger partial charge in [0.1, 0.15) is 5.82 Å². The highest BCUT2D eigenvalue weighted by atomic mass is 19.1. The molecule has 0 saturated carbocycles. The van der Waals surface area contributed by atoms with Crippen molar-refractivity contribution in [3.8, 4) is 0 Å². The van der Waals surface area contributed by atoms with Gasteiger partial charge in [0.15, 0.2) is 0 Å². The van der Waals surface area contributed by atoms with Gasteiger partial charge in [0.2, 0.25) is 5.91 Å². The zero-order chi connectivity index (χ0) is 17.6. The van der Waals surface area contributed by atoms with Crippen molar-refractivity contribution in [3.63, 3.8) is 0 Å². The van der Waals surface area contributed by atoms with E-state index in [1.54, 1.807) is 30.1 Å². The van der Waals surface area contributed by atoms with Crippen LogP contribution in [0.2, 0.25) is 0 Å². The summed E-state index contributed by atoms with van der Waals surface area (Å²) in [6.07, 6.45) is 0.0784. The lowest BCUT2D eigenvalue weighted by molar-refractivity contribution is -0.129. The Morgan fingerprint density at radius 2 is 1.80 bits per heavy atom. The van der Waals surface area contributed by atoms with Crippen LogP contribution in [0.1, 0.15) is 11.1 Å². The Kier molecular flexibility index (Phi) is 5.66. The van der Waals surface area contributed by atoms with E-state index < -0.39 is 0 Å². The van der Waals surface area contributed by atoms with E-state index in [0.717, 1.165) is 31.9 Å². The van der Waals surface area contributed by atoms with E-state index in [4.69, 9.17) is 4.74 Å². The Bertz CT molecular complexity index is 712. The van der Waals surface area contributed by atoms with Crippen molar-refractivity contribution in [1.29, 1.82) is 0 Å². The van der Waals surface area contributed by atoms with Gasteiger partial charge in [-0.3, -0.25) is 4.79 Å². The number of halogens is 1. The number of morpholine rings is 1. The summed E-state index contributed by atoms with van der Waals surface area (Å²) in [4.78, 5) is 16.2. The summed E-state index contributed by atoms with van der Waals surface area (Å²) >= 11 is 0. The molecular weight excluding hydrogens is 319 g/mol. The molecule has 5 heteroatoms. The maximum absolute atomic E-state index is 13.7. The molecule has 132 valence electrons. The molecular formula is C20H23FN2O2. The SMILES string of the molecule is CN(Cc1ccc(N2CCOCC2)cc1)C(=O)Cc1ccccc1F. The zero-order valence-electron chi connectivity index (χ0n) is 14.5. The van der Waals surface area contributed by atoms with Crippen molar-refractivity contribution in [3.05, 3.63) is 65.5 Å². The molecule has 0 bridgehead atoms. The lowest BCUT2D eigenvalue weighted by Gasteiger charge is -2.29. The molecule has 0 radical (unpaired) electrons. The number of likely N-dealkylation sites (N-methyl/N-ethyl adjacent to an activating group) is 1. The number of benzene rings is 2. The molecule has 0 spiro atoms. The topological polar surface area (TPSA) is 32.8 Å². The first-order valence-electron chi connectivity index (χ1n) is 8.52. The third-order valence-electron chi connectivity index (χ3n) is 4.46. The first-order chi connectivity index (χ1) is 12.1. The van der Waals surface area contributed by atoms with Gasteiger partial charge in [-0.15, -0.1) is 0 Å². The van der Waals surface area contributed by atoms with Crippen molar-refractivity contribution in [2.45, 2.75) is 13.0 Å². The highest BCUT2D eigenvalue weighted by molar-refractivity contribution is 5.78. The Labute approximate surface area is 147 Å². The summed E-state index contributed by atoms with van der Waals surface area (Å²) < 4.78 is 19.0. The molecule has 2 aromatic carbocycles. The maximum Gasteiger partial charge on any atom is 0.227 e. The average molecular weight is 342 g/mol. The standard InChI is InChI=1S/C20H23FN2O2/c1-22(20(24)14-17-4-2-3-5-19(17)21)15-16-6-8-18(9-7-16)23-10-12-25-13-11-23/h2-9H,10-15H2,1H3. The van der Waals surface area contributed by atoms with Gasteiger partial charge in [-0.25, -0.2) is 4.39 Å². The van der Waals surface area contributed by atoms with Gasteiger partial charge < -0.3 is 14.5 Å². The lowest BCUT2D eigenvalue weighted by Crippen LogP contribution is -2.36. The third kappa shape index (κ3) is 4.57. The molecule has 0 unspecified atom stereocenters. The smallest absolute Gasteiger partial charge is 0.227 e.